The number of aryl methyl sites for hydroxylation is 3. The zero-order valence-electron chi connectivity index (χ0n) is 19.4. The number of rotatable bonds is 5. The van der Waals surface area contributed by atoms with Crippen molar-refractivity contribution in [2.75, 3.05) is 0 Å². The van der Waals surface area contributed by atoms with Crippen LogP contribution >= 0.6 is 0 Å². The van der Waals surface area contributed by atoms with Gasteiger partial charge in [0, 0.05) is 34.8 Å². The number of Topliss-reactive ketones (excluding diaryl/α,β-unsaturated/α-hetero) is 1. The van der Waals surface area contributed by atoms with Crippen molar-refractivity contribution in [3.05, 3.63) is 99.9 Å². The van der Waals surface area contributed by atoms with E-state index in [0.29, 0.717) is 23.7 Å². The number of hydrogen-bond donors (Lipinski definition) is 0. The van der Waals surface area contributed by atoms with Crippen LogP contribution in [-0.2, 0) is 13.2 Å². The Kier molecular flexibility index (Phi) is 5.29. The highest BCUT2D eigenvalue weighted by molar-refractivity contribution is 6.15. The fraction of sp³-hybridized carbons (Fsp3) is 0.207. The topological polar surface area (TPSA) is 40.5 Å². The number of benzene rings is 3. The predicted octanol–water partition coefficient (Wildman–Crippen LogP) is 6.78. The van der Waals surface area contributed by atoms with Gasteiger partial charge in [-0.2, -0.15) is 0 Å². The van der Waals surface area contributed by atoms with Gasteiger partial charge in [0.05, 0.1) is 5.56 Å². The smallest absolute Gasteiger partial charge is 0.231 e. The molecule has 0 aliphatic carbocycles. The molecule has 0 amide bonds. The minimum Gasteiger partial charge on any atom is -0.488 e. The lowest BCUT2D eigenvalue weighted by Crippen LogP contribution is -2.00. The molecule has 0 radical (unpaired) electrons. The lowest BCUT2D eigenvalue weighted by atomic mass is 10.0. The van der Waals surface area contributed by atoms with Crippen LogP contribution in [0.15, 0.2) is 66.6 Å². The van der Waals surface area contributed by atoms with Crippen molar-refractivity contribution in [3.63, 3.8) is 0 Å². The van der Waals surface area contributed by atoms with Crippen LogP contribution in [0.4, 0.5) is 0 Å². The van der Waals surface area contributed by atoms with E-state index in [9.17, 15) is 4.79 Å². The molecule has 1 aromatic heterocycles. The fourth-order valence-electron chi connectivity index (χ4n) is 4.43. The highest BCUT2D eigenvalue weighted by atomic mass is 16.5. The molecule has 0 saturated carbocycles. The van der Waals surface area contributed by atoms with E-state index >= 15 is 0 Å². The third-order valence-corrected chi connectivity index (χ3v) is 6.37. The number of aromatic nitrogens is 1. The molecule has 1 aliphatic heterocycles. The molecule has 0 spiro atoms. The third kappa shape index (κ3) is 3.72. The van der Waals surface area contributed by atoms with Gasteiger partial charge in [-0.15, -0.1) is 0 Å². The van der Waals surface area contributed by atoms with Gasteiger partial charge in [-0.1, -0.05) is 42.0 Å². The number of ketones is 1. The first-order chi connectivity index (χ1) is 16.0. The molecule has 3 aromatic carbocycles. The lowest BCUT2D eigenvalue weighted by Gasteiger charge is -2.13. The molecule has 4 aromatic rings. The summed E-state index contributed by atoms with van der Waals surface area (Å²) in [6.45, 7) is 9.55. The molecule has 0 unspecified atom stereocenters. The summed E-state index contributed by atoms with van der Waals surface area (Å²) in [5.41, 5.74) is 7.10. The second kappa shape index (κ2) is 8.28. The summed E-state index contributed by atoms with van der Waals surface area (Å²) < 4.78 is 14.4. The Morgan fingerprint density at radius 2 is 1.85 bits per heavy atom. The van der Waals surface area contributed by atoms with E-state index in [1.165, 1.54) is 11.1 Å². The average Bonchev–Trinajstić information content (AvgIpc) is 3.34. The number of carbonyl (C=O) groups is 1. The van der Waals surface area contributed by atoms with Crippen LogP contribution in [0.3, 0.4) is 0 Å². The van der Waals surface area contributed by atoms with Gasteiger partial charge in [0.15, 0.2) is 5.76 Å². The maximum absolute atomic E-state index is 13.1. The van der Waals surface area contributed by atoms with Crippen molar-refractivity contribution in [3.8, 4) is 11.5 Å². The number of carbonyl (C=O) groups excluding carboxylic acids is 1. The van der Waals surface area contributed by atoms with Crippen molar-refractivity contribution in [2.45, 2.75) is 40.8 Å². The second-order valence-electron chi connectivity index (χ2n) is 8.61. The molecule has 0 saturated heterocycles. The number of para-hydroxylation sites is 1. The van der Waals surface area contributed by atoms with Crippen molar-refractivity contribution in [2.24, 2.45) is 0 Å². The fourth-order valence-corrected chi connectivity index (χ4v) is 4.43. The maximum Gasteiger partial charge on any atom is 0.231 e. The van der Waals surface area contributed by atoms with Crippen LogP contribution in [0.1, 0.15) is 45.1 Å². The lowest BCUT2D eigenvalue weighted by molar-refractivity contribution is 0.101. The molecule has 0 fully saturated rings. The van der Waals surface area contributed by atoms with E-state index in [1.54, 1.807) is 6.07 Å². The van der Waals surface area contributed by atoms with Crippen molar-refractivity contribution in [1.82, 2.24) is 4.57 Å². The van der Waals surface area contributed by atoms with Crippen LogP contribution in [0, 0.1) is 20.8 Å². The Labute approximate surface area is 194 Å². The molecule has 166 valence electrons. The molecule has 0 bridgehead atoms. The summed E-state index contributed by atoms with van der Waals surface area (Å²) >= 11 is 0. The number of ether oxygens (including phenoxy) is 2. The standard InChI is InChI=1S/C29H27NO3/c1-5-30-16-21(23-8-6-7-9-25(23)30)15-27-28(31)24-12-13-26(20(4)29(24)33-27)32-17-22-14-18(2)10-11-19(22)3/h6-16H,5,17H2,1-4H3/b27-15+. The molecule has 5 rings (SSSR count). The van der Waals surface area contributed by atoms with Crippen LogP contribution in [0.2, 0.25) is 0 Å². The Hall–Kier alpha value is -3.79. The molecule has 2 heterocycles. The Morgan fingerprint density at radius 1 is 1.03 bits per heavy atom. The largest absolute Gasteiger partial charge is 0.488 e. The highest BCUT2D eigenvalue weighted by Gasteiger charge is 2.30. The summed E-state index contributed by atoms with van der Waals surface area (Å²) in [6, 6.07) is 18.2. The Bertz CT molecular complexity index is 1420. The molecule has 4 nitrogen and oxygen atoms in total. The van der Waals surface area contributed by atoms with Crippen LogP contribution in [0.5, 0.6) is 11.5 Å². The van der Waals surface area contributed by atoms with Crippen LogP contribution < -0.4 is 9.47 Å². The minimum absolute atomic E-state index is 0.0949. The zero-order valence-corrected chi connectivity index (χ0v) is 19.4. The number of nitrogens with zero attached hydrogens (tertiary/aromatic N) is 1. The molecule has 0 N–H and O–H groups in total. The van der Waals surface area contributed by atoms with Crippen molar-refractivity contribution >= 4 is 22.8 Å². The SMILES string of the molecule is CCn1cc(/C=C2/Oc3c(ccc(OCc4cc(C)ccc4C)c3C)C2=O)c2ccccc21. The summed E-state index contributed by atoms with van der Waals surface area (Å²) in [7, 11) is 0. The van der Waals surface area contributed by atoms with Gasteiger partial charge in [0.2, 0.25) is 5.78 Å². The van der Waals surface area contributed by atoms with E-state index in [2.05, 4.69) is 61.9 Å². The van der Waals surface area contributed by atoms with Crippen molar-refractivity contribution < 1.29 is 14.3 Å². The quantitative estimate of drug-likeness (QED) is 0.323. The normalized spacial score (nSPS) is 14.1. The van der Waals surface area contributed by atoms with Gasteiger partial charge in [0.1, 0.15) is 18.1 Å². The Balaban J connectivity index is 1.44. The van der Waals surface area contributed by atoms with Gasteiger partial charge in [-0.3, -0.25) is 4.79 Å². The predicted molar refractivity (Wildman–Crippen MR) is 132 cm³/mol. The second-order valence-corrected chi connectivity index (χ2v) is 8.61. The molecule has 4 heteroatoms. The third-order valence-electron chi connectivity index (χ3n) is 6.37. The first kappa shape index (κ1) is 21.1. The Morgan fingerprint density at radius 3 is 2.67 bits per heavy atom. The monoisotopic (exact) mass is 437 g/mol. The van der Waals surface area contributed by atoms with E-state index in [4.69, 9.17) is 9.47 Å². The highest BCUT2D eigenvalue weighted by Crippen LogP contribution is 2.40. The summed E-state index contributed by atoms with van der Waals surface area (Å²) in [5, 5.41) is 1.11. The first-order valence-corrected chi connectivity index (χ1v) is 11.3. The maximum atomic E-state index is 13.1. The average molecular weight is 438 g/mol. The van der Waals surface area contributed by atoms with E-state index in [1.807, 2.05) is 31.2 Å². The molecule has 1 aliphatic rings. The summed E-state index contributed by atoms with van der Waals surface area (Å²) in [5.74, 6) is 1.57. The number of fused-ring (bicyclic) bond motifs is 2. The molecular weight excluding hydrogens is 410 g/mol. The van der Waals surface area contributed by atoms with E-state index in [-0.39, 0.29) is 5.78 Å². The molecule has 0 atom stereocenters. The molecule has 33 heavy (non-hydrogen) atoms. The summed E-state index contributed by atoms with van der Waals surface area (Å²) in [6.07, 6.45) is 3.93. The molecular formula is C29H27NO3. The van der Waals surface area contributed by atoms with Gasteiger partial charge in [-0.25, -0.2) is 0 Å². The van der Waals surface area contributed by atoms with Gasteiger partial charge >= 0.3 is 0 Å². The number of allylic oxidation sites excluding steroid dienone is 1. The van der Waals surface area contributed by atoms with E-state index < -0.39 is 0 Å². The van der Waals surface area contributed by atoms with Crippen molar-refractivity contribution in [1.29, 1.82) is 0 Å². The van der Waals surface area contributed by atoms with E-state index in [0.717, 1.165) is 39.9 Å². The van der Waals surface area contributed by atoms with Crippen LogP contribution in [-0.4, -0.2) is 10.4 Å². The first-order valence-electron chi connectivity index (χ1n) is 11.3. The minimum atomic E-state index is -0.0949. The van der Waals surface area contributed by atoms with Gasteiger partial charge < -0.3 is 14.0 Å². The zero-order chi connectivity index (χ0) is 23.1. The van der Waals surface area contributed by atoms with Gasteiger partial charge in [0.25, 0.3) is 0 Å². The van der Waals surface area contributed by atoms with Crippen LogP contribution in [0.25, 0.3) is 17.0 Å². The van der Waals surface area contributed by atoms with Gasteiger partial charge in [-0.05, 0) is 63.1 Å². The summed E-state index contributed by atoms with van der Waals surface area (Å²) in [4.78, 5) is 13.1. The number of hydrogen-bond acceptors (Lipinski definition) is 3.